The first-order valence-corrected chi connectivity index (χ1v) is 3.43. The third-order valence-corrected chi connectivity index (χ3v) is 1.65. The van der Waals surface area contributed by atoms with Crippen LogP contribution < -0.4 is 5.14 Å². The monoisotopic (exact) mass is 161 g/mol. The van der Waals surface area contributed by atoms with Crippen LogP contribution in [-0.4, -0.2) is 9.97 Å². The minimum atomic E-state index is 0.352. The van der Waals surface area contributed by atoms with Crippen LogP contribution in [0.2, 0.25) is 5.15 Å². The van der Waals surface area contributed by atoms with Crippen molar-refractivity contribution in [3.05, 3.63) is 17.5 Å². The van der Waals surface area contributed by atoms with Gasteiger partial charge in [-0.05, 0) is 11.9 Å². The number of hydrogen-bond acceptors (Lipinski definition) is 4. The predicted molar refractivity (Wildman–Crippen MR) is 37.1 cm³/mol. The maximum Gasteiger partial charge on any atom is 0.162 e. The second-order valence-corrected chi connectivity index (χ2v) is 2.25. The molecular weight excluding hydrogens is 158 g/mol. The smallest absolute Gasteiger partial charge is 0.162 e. The summed E-state index contributed by atoms with van der Waals surface area (Å²) in [6.07, 6.45) is 3.06. The lowest BCUT2D eigenvalue weighted by Crippen LogP contribution is -1.87. The number of nitrogens with two attached hydrogens (primary N) is 1. The van der Waals surface area contributed by atoms with Crippen molar-refractivity contribution in [2.75, 3.05) is 0 Å². The second kappa shape index (κ2) is 3.00. The molecular formula is C4H4ClN3S. The topological polar surface area (TPSA) is 51.8 Å². The number of rotatable bonds is 1. The summed E-state index contributed by atoms with van der Waals surface area (Å²) in [5.74, 6) is 0. The second-order valence-electron chi connectivity index (χ2n) is 1.27. The number of halogens is 1. The van der Waals surface area contributed by atoms with E-state index in [0.717, 1.165) is 11.9 Å². The zero-order valence-electron chi connectivity index (χ0n) is 4.41. The van der Waals surface area contributed by atoms with Crippen molar-refractivity contribution < 1.29 is 0 Å². The highest BCUT2D eigenvalue weighted by atomic mass is 35.5. The highest BCUT2D eigenvalue weighted by Gasteiger charge is 1.97. The molecule has 0 aliphatic carbocycles. The van der Waals surface area contributed by atoms with Gasteiger partial charge in [-0.3, -0.25) is 5.14 Å². The van der Waals surface area contributed by atoms with E-state index in [1.807, 2.05) is 0 Å². The molecule has 0 aliphatic rings. The van der Waals surface area contributed by atoms with Crippen LogP contribution in [0.15, 0.2) is 17.4 Å². The Morgan fingerprint density at radius 3 is 2.56 bits per heavy atom. The van der Waals surface area contributed by atoms with Crippen molar-refractivity contribution in [2.24, 2.45) is 5.14 Å². The summed E-state index contributed by atoms with van der Waals surface area (Å²) in [5, 5.41) is 6.09. The zero-order chi connectivity index (χ0) is 6.69. The third kappa shape index (κ3) is 1.54. The third-order valence-electron chi connectivity index (χ3n) is 0.734. The number of aromatic nitrogens is 2. The Kier molecular flexibility index (Phi) is 2.27. The Balaban J connectivity index is 3.01. The van der Waals surface area contributed by atoms with E-state index < -0.39 is 0 Å². The van der Waals surface area contributed by atoms with Crippen LogP contribution >= 0.6 is 23.5 Å². The van der Waals surface area contributed by atoms with Gasteiger partial charge in [-0.25, -0.2) is 9.97 Å². The first kappa shape index (κ1) is 6.80. The molecule has 0 saturated heterocycles. The van der Waals surface area contributed by atoms with E-state index in [2.05, 4.69) is 9.97 Å². The van der Waals surface area contributed by atoms with Gasteiger partial charge in [-0.1, -0.05) is 11.6 Å². The standard InChI is InChI=1S/C4H4ClN3S/c5-3-4(9-6)8-2-1-7-3/h1-2H,6H2. The highest BCUT2D eigenvalue weighted by molar-refractivity contribution is 7.97. The lowest BCUT2D eigenvalue weighted by molar-refractivity contribution is 1.06. The Morgan fingerprint density at radius 1 is 1.44 bits per heavy atom. The Bertz CT molecular complexity index is 205. The highest BCUT2D eigenvalue weighted by Crippen LogP contribution is 2.15. The fraction of sp³-hybridized carbons (Fsp3) is 0. The molecule has 0 bridgehead atoms. The van der Waals surface area contributed by atoms with Crippen LogP contribution in [0.25, 0.3) is 0 Å². The molecule has 9 heavy (non-hydrogen) atoms. The van der Waals surface area contributed by atoms with Gasteiger partial charge in [0.25, 0.3) is 0 Å². The van der Waals surface area contributed by atoms with Crippen LogP contribution in [0.1, 0.15) is 0 Å². The summed E-state index contributed by atoms with van der Waals surface area (Å²) >= 11 is 6.54. The van der Waals surface area contributed by atoms with Crippen molar-refractivity contribution in [1.29, 1.82) is 0 Å². The summed E-state index contributed by atoms with van der Waals surface area (Å²) in [6.45, 7) is 0. The van der Waals surface area contributed by atoms with Gasteiger partial charge in [0.15, 0.2) is 5.15 Å². The molecule has 0 aromatic carbocycles. The minimum absolute atomic E-state index is 0.352. The summed E-state index contributed by atoms with van der Waals surface area (Å²) in [6, 6.07) is 0. The van der Waals surface area contributed by atoms with E-state index in [9.17, 15) is 0 Å². The van der Waals surface area contributed by atoms with Crippen molar-refractivity contribution in [1.82, 2.24) is 9.97 Å². The first-order chi connectivity index (χ1) is 4.34. The van der Waals surface area contributed by atoms with Gasteiger partial charge in [0.05, 0.1) is 0 Å². The summed E-state index contributed by atoms with van der Waals surface area (Å²) < 4.78 is 0. The van der Waals surface area contributed by atoms with E-state index >= 15 is 0 Å². The molecule has 1 aromatic heterocycles. The van der Waals surface area contributed by atoms with Gasteiger partial charge in [0.1, 0.15) is 5.03 Å². The quantitative estimate of drug-likeness (QED) is 0.627. The number of nitrogens with zero attached hydrogens (tertiary/aromatic N) is 2. The Hall–Kier alpha value is -0.320. The minimum Gasteiger partial charge on any atom is -0.272 e. The van der Waals surface area contributed by atoms with E-state index in [0.29, 0.717) is 10.2 Å². The van der Waals surface area contributed by atoms with Crippen LogP contribution in [0.4, 0.5) is 0 Å². The maximum atomic E-state index is 5.55. The summed E-state index contributed by atoms with van der Waals surface area (Å²) in [5.41, 5.74) is 0. The van der Waals surface area contributed by atoms with Gasteiger partial charge in [0, 0.05) is 12.4 Å². The molecule has 0 saturated carbocycles. The normalized spacial score (nSPS) is 9.56. The predicted octanol–water partition coefficient (Wildman–Crippen LogP) is 1.10. The van der Waals surface area contributed by atoms with Crippen LogP contribution in [0.3, 0.4) is 0 Å². The SMILES string of the molecule is NSc1nccnc1Cl. The number of hydrogen-bond donors (Lipinski definition) is 1. The molecule has 0 fully saturated rings. The molecule has 0 radical (unpaired) electrons. The molecule has 0 spiro atoms. The lowest BCUT2D eigenvalue weighted by Gasteiger charge is -1.92. The molecule has 48 valence electrons. The van der Waals surface area contributed by atoms with Gasteiger partial charge in [0.2, 0.25) is 0 Å². The molecule has 3 nitrogen and oxygen atoms in total. The molecule has 0 unspecified atom stereocenters. The molecule has 1 rings (SSSR count). The molecule has 1 aromatic rings. The van der Waals surface area contributed by atoms with Gasteiger partial charge in [-0.2, -0.15) is 0 Å². The van der Waals surface area contributed by atoms with Crippen LogP contribution in [0.5, 0.6) is 0 Å². The first-order valence-electron chi connectivity index (χ1n) is 2.18. The maximum absolute atomic E-state index is 5.55. The van der Waals surface area contributed by atoms with E-state index in [1.54, 1.807) is 6.20 Å². The molecule has 0 amide bonds. The lowest BCUT2D eigenvalue weighted by atomic mass is 10.8. The summed E-state index contributed by atoms with van der Waals surface area (Å²) in [7, 11) is 0. The molecule has 0 aliphatic heterocycles. The van der Waals surface area contributed by atoms with Gasteiger partial charge < -0.3 is 0 Å². The van der Waals surface area contributed by atoms with E-state index in [1.165, 1.54) is 6.20 Å². The van der Waals surface area contributed by atoms with E-state index in [4.69, 9.17) is 16.7 Å². The molecule has 2 N–H and O–H groups in total. The van der Waals surface area contributed by atoms with Crippen molar-refractivity contribution >= 4 is 23.5 Å². The van der Waals surface area contributed by atoms with E-state index in [-0.39, 0.29) is 0 Å². The van der Waals surface area contributed by atoms with Crippen molar-refractivity contribution in [3.63, 3.8) is 0 Å². The Labute approximate surface area is 61.8 Å². The summed E-state index contributed by atoms with van der Waals surface area (Å²) in [4.78, 5) is 7.59. The molecule has 0 atom stereocenters. The fourth-order valence-corrected chi connectivity index (χ4v) is 0.898. The largest absolute Gasteiger partial charge is 0.272 e. The molecule has 5 heteroatoms. The molecule has 1 heterocycles. The van der Waals surface area contributed by atoms with Crippen molar-refractivity contribution in [3.8, 4) is 0 Å². The average molecular weight is 162 g/mol. The van der Waals surface area contributed by atoms with Gasteiger partial charge >= 0.3 is 0 Å². The average Bonchev–Trinajstić information content (AvgIpc) is 1.89. The Morgan fingerprint density at radius 2 is 2.11 bits per heavy atom. The zero-order valence-corrected chi connectivity index (χ0v) is 5.99. The van der Waals surface area contributed by atoms with Crippen LogP contribution in [-0.2, 0) is 0 Å². The van der Waals surface area contributed by atoms with Crippen molar-refractivity contribution in [2.45, 2.75) is 5.03 Å². The fourth-order valence-electron chi connectivity index (χ4n) is 0.387. The van der Waals surface area contributed by atoms with Crippen LogP contribution in [0, 0.1) is 0 Å². The van der Waals surface area contributed by atoms with Gasteiger partial charge in [-0.15, -0.1) is 0 Å².